The number of benzene rings is 1. The predicted molar refractivity (Wildman–Crippen MR) is 62.4 cm³/mol. The zero-order valence-corrected chi connectivity index (χ0v) is 8.93. The third-order valence-electron chi connectivity index (χ3n) is 2.68. The molecule has 2 rings (SSSR count). The van der Waals surface area contributed by atoms with Crippen LogP contribution < -0.4 is 4.90 Å². The summed E-state index contributed by atoms with van der Waals surface area (Å²) < 4.78 is 0. The van der Waals surface area contributed by atoms with Gasteiger partial charge in [-0.1, -0.05) is 18.2 Å². The van der Waals surface area contributed by atoms with E-state index in [1.54, 1.807) is 0 Å². The summed E-state index contributed by atoms with van der Waals surface area (Å²) in [6, 6.07) is 10.5. The van der Waals surface area contributed by atoms with E-state index in [-0.39, 0.29) is 12.6 Å². The molecule has 0 bridgehead atoms. The summed E-state index contributed by atoms with van der Waals surface area (Å²) in [7, 11) is 0. The van der Waals surface area contributed by atoms with Crippen LogP contribution in [0.4, 0.5) is 5.69 Å². The van der Waals surface area contributed by atoms with E-state index in [1.807, 2.05) is 25.1 Å². The van der Waals surface area contributed by atoms with Gasteiger partial charge in [-0.2, -0.15) is 0 Å². The van der Waals surface area contributed by atoms with Gasteiger partial charge in [-0.25, -0.2) is 0 Å². The molecule has 0 saturated heterocycles. The van der Waals surface area contributed by atoms with E-state index < -0.39 is 0 Å². The Morgan fingerprint density at radius 1 is 1.40 bits per heavy atom. The van der Waals surface area contributed by atoms with Gasteiger partial charge in [0.15, 0.2) is 0 Å². The largest absolute Gasteiger partial charge is 0.396 e. The van der Waals surface area contributed by atoms with Gasteiger partial charge < -0.3 is 10.0 Å². The third kappa shape index (κ3) is 2.18. The lowest BCUT2D eigenvalue weighted by atomic mass is 10.2. The fourth-order valence-corrected chi connectivity index (χ4v) is 1.92. The molecule has 1 atom stereocenters. The Bertz CT molecular complexity index is 348. The standard InChI is InChI=1S/C12H16N2O/c1-10-13-11(7-8-15)9-14(10)12-5-3-2-4-6-12/h2-6,11,15H,7-9H2,1H3. The molecular formula is C12H16N2O. The minimum absolute atomic E-state index is 0.212. The van der Waals surface area contributed by atoms with Gasteiger partial charge >= 0.3 is 0 Å². The minimum atomic E-state index is 0.212. The van der Waals surface area contributed by atoms with Crippen LogP contribution in [0.25, 0.3) is 0 Å². The highest BCUT2D eigenvalue weighted by Gasteiger charge is 2.22. The van der Waals surface area contributed by atoms with E-state index in [2.05, 4.69) is 22.0 Å². The van der Waals surface area contributed by atoms with Crippen molar-refractivity contribution in [1.29, 1.82) is 0 Å². The van der Waals surface area contributed by atoms with E-state index in [0.29, 0.717) is 0 Å². The number of rotatable bonds is 3. The molecule has 3 heteroatoms. The van der Waals surface area contributed by atoms with Crippen LogP contribution >= 0.6 is 0 Å². The van der Waals surface area contributed by atoms with Crippen LogP contribution in [0.1, 0.15) is 13.3 Å². The zero-order valence-electron chi connectivity index (χ0n) is 8.93. The van der Waals surface area contributed by atoms with Gasteiger partial charge in [-0.3, -0.25) is 4.99 Å². The van der Waals surface area contributed by atoms with Crippen molar-refractivity contribution in [2.75, 3.05) is 18.1 Å². The SMILES string of the molecule is CC1=NC(CCO)CN1c1ccccc1. The number of anilines is 1. The monoisotopic (exact) mass is 204 g/mol. The van der Waals surface area contributed by atoms with Crippen molar-refractivity contribution in [2.24, 2.45) is 4.99 Å². The van der Waals surface area contributed by atoms with Crippen molar-refractivity contribution in [3.05, 3.63) is 30.3 Å². The Labute approximate surface area is 90.1 Å². The van der Waals surface area contributed by atoms with Crippen molar-refractivity contribution < 1.29 is 5.11 Å². The lowest BCUT2D eigenvalue weighted by Gasteiger charge is -2.18. The van der Waals surface area contributed by atoms with E-state index in [9.17, 15) is 0 Å². The molecule has 0 radical (unpaired) electrons. The second-order valence-electron chi connectivity index (χ2n) is 3.79. The van der Waals surface area contributed by atoms with Gasteiger partial charge in [0, 0.05) is 18.8 Å². The highest BCUT2D eigenvalue weighted by atomic mass is 16.3. The van der Waals surface area contributed by atoms with Crippen LogP contribution in [0.3, 0.4) is 0 Å². The summed E-state index contributed by atoms with van der Waals surface area (Å²) >= 11 is 0. The molecule has 15 heavy (non-hydrogen) atoms. The van der Waals surface area contributed by atoms with E-state index in [1.165, 1.54) is 5.69 Å². The molecule has 0 saturated carbocycles. The Hall–Kier alpha value is -1.35. The molecule has 0 fully saturated rings. The number of amidine groups is 1. The normalized spacial score (nSPS) is 20.5. The smallest absolute Gasteiger partial charge is 0.101 e. The molecule has 1 heterocycles. The van der Waals surface area contributed by atoms with E-state index in [4.69, 9.17) is 5.11 Å². The van der Waals surface area contributed by atoms with Crippen LogP contribution in [0, 0.1) is 0 Å². The van der Waals surface area contributed by atoms with Crippen molar-refractivity contribution >= 4 is 11.5 Å². The summed E-state index contributed by atoms with van der Waals surface area (Å²) in [4.78, 5) is 6.71. The maximum absolute atomic E-state index is 8.88. The summed E-state index contributed by atoms with van der Waals surface area (Å²) in [6.45, 7) is 3.12. The average molecular weight is 204 g/mol. The molecule has 0 amide bonds. The molecule has 1 aliphatic heterocycles. The Morgan fingerprint density at radius 2 is 2.13 bits per heavy atom. The first kappa shape index (κ1) is 10.2. The molecule has 1 aromatic rings. The van der Waals surface area contributed by atoms with Crippen LogP contribution in [0.15, 0.2) is 35.3 Å². The quantitative estimate of drug-likeness (QED) is 0.813. The Morgan fingerprint density at radius 3 is 2.80 bits per heavy atom. The highest BCUT2D eigenvalue weighted by molar-refractivity contribution is 5.97. The summed E-state index contributed by atoms with van der Waals surface area (Å²) in [5.41, 5.74) is 1.18. The molecule has 0 aromatic heterocycles. The van der Waals surface area contributed by atoms with Crippen molar-refractivity contribution in [3.63, 3.8) is 0 Å². The lowest BCUT2D eigenvalue weighted by Crippen LogP contribution is -2.27. The van der Waals surface area contributed by atoms with E-state index in [0.717, 1.165) is 18.8 Å². The van der Waals surface area contributed by atoms with Crippen LogP contribution in [0.2, 0.25) is 0 Å². The molecule has 3 nitrogen and oxygen atoms in total. The molecule has 1 unspecified atom stereocenters. The summed E-state index contributed by atoms with van der Waals surface area (Å²) in [6.07, 6.45) is 0.751. The molecule has 1 N–H and O–H groups in total. The van der Waals surface area contributed by atoms with Crippen molar-refractivity contribution in [2.45, 2.75) is 19.4 Å². The van der Waals surface area contributed by atoms with Crippen LogP contribution in [-0.4, -0.2) is 30.1 Å². The van der Waals surface area contributed by atoms with Gasteiger partial charge in [0.25, 0.3) is 0 Å². The first-order chi connectivity index (χ1) is 7.31. The number of aliphatic imine (C=N–C) groups is 1. The minimum Gasteiger partial charge on any atom is -0.396 e. The number of nitrogens with zero attached hydrogens (tertiary/aromatic N) is 2. The fourth-order valence-electron chi connectivity index (χ4n) is 1.92. The summed E-state index contributed by atoms with van der Waals surface area (Å²) in [5, 5.41) is 8.88. The zero-order chi connectivity index (χ0) is 10.7. The van der Waals surface area contributed by atoms with Gasteiger partial charge in [0.05, 0.1) is 6.04 Å². The van der Waals surface area contributed by atoms with Gasteiger partial charge in [0.1, 0.15) is 5.84 Å². The Balaban J connectivity index is 2.11. The average Bonchev–Trinajstić information content (AvgIpc) is 2.61. The van der Waals surface area contributed by atoms with E-state index >= 15 is 0 Å². The predicted octanol–water partition coefficient (Wildman–Crippen LogP) is 1.68. The number of aliphatic hydroxyl groups excluding tert-OH is 1. The number of hydrogen-bond donors (Lipinski definition) is 1. The first-order valence-corrected chi connectivity index (χ1v) is 5.29. The number of aliphatic hydroxyl groups is 1. The molecule has 1 aromatic carbocycles. The second-order valence-corrected chi connectivity index (χ2v) is 3.79. The number of para-hydroxylation sites is 1. The maximum atomic E-state index is 8.88. The Kier molecular flexibility index (Phi) is 3.02. The lowest BCUT2D eigenvalue weighted by molar-refractivity contribution is 0.278. The molecular weight excluding hydrogens is 188 g/mol. The number of hydrogen-bond acceptors (Lipinski definition) is 3. The fraction of sp³-hybridized carbons (Fsp3) is 0.417. The molecule has 0 aliphatic carbocycles. The van der Waals surface area contributed by atoms with Gasteiger partial charge in [0.2, 0.25) is 0 Å². The van der Waals surface area contributed by atoms with Crippen molar-refractivity contribution in [3.8, 4) is 0 Å². The van der Waals surface area contributed by atoms with Crippen LogP contribution in [0.5, 0.6) is 0 Å². The molecule has 0 spiro atoms. The molecule has 80 valence electrons. The highest BCUT2D eigenvalue weighted by Crippen LogP contribution is 2.20. The third-order valence-corrected chi connectivity index (χ3v) is 2.68. The maximum Gasteiger partial charge on any atom is 0.101 e. The topological polar surface area (TPSA) is 35.8 Å². The van der Waals surface area contributed by atoms with Gasteiger partial charge in [-0.15, -0.1) is 0 Å². The van der Waals surface area contributed by atoms with Gasteiger partial charge in [-0.05, 0) is 25.5 Å². The first-order valence-electron chi connectivity index (χ1n) is 5.29. The van der Waals surface area contributed by atoms with Crippen molar-refractivity contribution in [1.82, 2.24) is 0 Å². The van der Waals surface area contributed by atoms with Crippen LogP contribution in [-0.2, 0) is 0 Å². The summed E-state index contributed by atoms with van der Waals surface area (Å²) in [5.74, 6) is 1.04. The second kappa shape index (κ2) is 4.45. The molecule has 1 aliphatic rings.